The van der Waals surface area contributed by atoms with E-state index in [-0.39, 0.29) is 11.7 Å². The van der Waals surface area contributed by atoms with Gasteiger partial charge >= 0.3 is 0 Å². The number of amides is 1. The van der Waals surface area contributed by atoms with Crippen molar-refractivity contribution < 1.29 is 9.18 Å². The van der Waals surface area contributed by atoms with Crippen LogP contribution in [-0.4, -0.2) is 22.4 Å². The van der Waals surface area contributed by atoms with Crippen molar-refractivity contribution in [3.8, 4) is 0 Å². The van der Waals surface area contributed by atoms with Crippen molar-refractivity contribution in [1.82, 2.24) is 9.97 Å². The quantitative estimate of drug-likeness (QED) is 0.564. The fourth-order valence-electron chi connectivity index (χ4n) is 3.64. The Morgan fingerprint density at radius 1 is 1.14 bits per heavy atom. The normalized spacial score (nSPS) is 13.3. The van der Waals surface area contributed by atoms with Crippen LogP contribution in [-0.2, 0) is 19.3 Å². The summed E-state index contributed by atoms with van der Waals surface area (Å²) in [5.74, 6) is -0.467. The molecule has 7 heteroatoms. The van der Waals surface area contributed by atoms with E-state index < -0.39 is 0 Å². The third-order valence-electron chi connectivity index (χ3n) is 5.07. The van der Waals surface area contributed by atoms with Crippen molar-refractivity contribution in [1.29, 1.82) is 0 Å². The van der Waals surface area contributed by atoms with Gasteiger partial charge in [0.2, 0.25) is 0 Å². The van der Waals surface area contributed by atoms with Gasteiger partial charge in [-0.2, -0.15) is 0 Å². The minimum absolute atomic E-state index is 0.176. The maximum absolute atomic E-state index is 13.6. The number of halogens is 3. The van der Waals surface area contributed by atoms with E-state index in [9.17, 15) is 9.18 Å². The van der Waals surface area contributed by atoms with Gasteiger partial charge in [0.15, 0.2) is 0 Å². The number of hydrogen-bond acceptors (Lipinski definition) is 3. The first-order valence-corrected chi connectivity index (χ1v) is 10.1. The Bertz CT molecular complexity index is 1070. The maximum Gasteiger partial charge on any atom is 0.261 e. The monoisotopic (exact) mass is 429 g/mol. The molecule has 0 aliphatic carbocycles. The molecular formula is C22H18Cl2FN3O. The van der Waals surface area contributed by atoms with Crippen molar-refractivity contribution in [3.63, 3.8) is 0 Å². The molecule has 0 bridgehead atoms. The van der Waals surface area contributed by atoms with Crippen LogP contribution >= 0.6 is 23.2 Å². The van der Waals surface area contributed by atoms with Gasteiger partial charge in [-0.3, -0.25) is 4.79 Å². The lowest BCUT2D eigenvalue weighted by Gasteiger charge is -2.30. The molecule has 4 nitrogen and oxygen atoms in total. The maximum atomic E-state index is 13.6. The highest BCUT2D eigenvalue weighted by molar-refractivity contribution is 6.33. The van der Waals surface area contributed by atoms with Gasteiger partial charge in [0, 0.05) is 28.5 Å². The van der Waals surface area contributed by atoms with Gasteiger partial charge in [0.05, 0.1) is 11.3 Å². The Kier molecular flexibility index (Phi) is 5.79. The second kappa shape index (κ2) is 8.47. The summed E-state index contributed by atoms with van der Waals surface area (Å²) >= 11 is 12.3. The Morgan fingerprint density at radius 2 is 2.00 bits per heavy atom. The molecule has 2 aromatic carbocycles. The molecule has 1 aliphatic heterocycles. The first-order chi connectivity index (χ1) is 14.0. The van der Waals surface area contributed by atoms with Crippen LogP contribution in [0.1, 0.15) is 33.6 Å². The molecule has 29 heavy (non-hydrogen) atoms. The van der Waals surface area contributed by atoms with E-state index in [4.69, 9.17) is 23.2 Å². The first kappa shape index (κ1) is 19.8. The van der Waals surface area contributed by atoms with Gasteiger partial charge in [-0.25, -0.2) is 14.4 Å². The second-order valence-corrected chi connectivity index (χ2v) is 7.80. The molecule has 1 aliphatic rings. The van der Waals surface area contributed by atoms with E-state index in [1.54, 1.807) is 29.3 Å². The largest absolute Gasteiger partial charge is 0.308 e. The van der Waals surface area contributed by atoms with Crippen molar-refractivity contribution in [2.24, 2.45) is 0 Å². The molecule has 3 aromatic rings. The number of hydrogen-bond donors (Lipinski definition) is 0. The van der Waals surface area contributed by atoms with Crippen LogP contribution in [0, 0.1) is 5.82 Å². The van der Waals surface area contributed by atoms with E-state index in [0.29, 0.717) is 40.7 Å². The zero-order valence-corrected chi connectivity index (χ0v) is 17.0. The van der Waals surface area contributed by atoms with Gasteiger partial charge in [-0.15, -0.1) is 0 Å². The first-order valence-electron chi connectivity index (χ1n) is 9.36. The molecule has 148 valence electrons. The molecule has 0 saturated heterocycles. The molecule has 2 heterocycles. The van der Waals surface area contributed by atoms with E-state index in [1.165, 1.54) is 18.5 Å². The van der Waals surface area contributed by atoms with Crippen LogP contribution in [0.15, 0.2) is 48.9 Å². The predicted molar refractivity (Wildman–Crippen MR) is 112 cm³/mol. The molecule has 1 amide bonds. The summed E-state index contributed by atoms with van der Waals surface area (Å²) in [6.45, 7) is 0.575. The summed E-state index contributed by atoms with van der Waals surface area (Å²) < 4.78 is 13.6. The lowest BCUT2D eigenvalue weighted by molar-refractivity contribution is 0.0983. The van der Waals surface area contributed by atoms with Gasteiger partial charge in [0.1, 0.15) is 12.1 Å². The average molecular weight is 430 g/mol. The summed E-state index contributed by atoms with van der Waals surface area (Å²) in [5, 5.41) is 1.24. The summed E-state index contributed by atoms with van der Waals surface area (Å²) in [6, 6.07) is 9.87. The van der Waals surface area contributed by atoms with Gasteiger partial charge < -0.3 is 4.90 Å². The number of aromatic nitrogens is 2. The van der Waals surface area contributed by atoms with Crippen LogP contribution in [0.4, 0.5) is 10.1 Å². The molecule has 0 N–H and O–H groups in total. The molecule has 0 unspecified atom stereocenters. The fourth-order valence-corrected chi connectivity index (χ4v) is 4.05. The Balaban J connectivity index is 1.60. The highest BCUT2D eigenvalue weighted by atomic mass is 35.5. The van der Waals surface area contributed by atoms with Gasteiger partial charge in [-0.1, -0.05) is 23.2 Å². The molecule has 0 spiro atoms. The molecular weight excluding hydrogens is 412 g/mol. The Labute approximate surface area is 178 Å². The number of carbonyl (C=O) groups excluding carboxylic acids is 1. The summed E-state index contributed by atoms with van der Waals surface area (Å²) in [5.41, 5.74) is 3.58. The minimum atomic E-state index is -0.291. The number of nitrogens with zero attached hydrogens (tertiary/aromatic N) is 3. The van der Waals surface area contributed by atoms with Crippen molar-refractivity contribution in [3.05, 3.63) is 87.2 Å². The third kappa shape index (κ3) is 4.26. The van der Waals surface area contributed by atoms with Crippen LogP contribution in [0.2, 0.25) is 10.0 Å². The van der Waals surface area contributed by atoms with Crippen molar-refractivity contribution in [2.75, 3.05) is 11.4 Å². The predicted octanol–water partition coefficient (Wildman–Crippen LogP) is 5.30. The Morgan fingerprint density at radius 3 is 2.86 bits per heavy atom. The third-order valence-corrected chi connectivity index (χ3v) is 5.67. The number of anilines is 1. The molecule has 4 rings (SSSR count). The van der Waals surface area contributed by atoms with Crippen LogP contribution in [0.3, 0.4) is 0 Å². The average Bonchev–Trinajstić information content (AvgIpc) is 2.73. The van der Waals surface area contributed by atoms with Crippen LogP contribution < -0.4 is 4.90 Å². The number of fused-ring (bicyclic) bond motifs is 1. The second-order valence-electron chi connectivity index (χ2n) is 6.95. The van der Waals surface area contributed by atoms with Crippen molar-refractivity contribution >= 4 is 34.8 Å². The van der Waals surface area contributed by atoms with E-state index >= 15 is 0 Å². The number of rotatable bonds is 4. The summed E-state index contributed by atoms with van der Waals surface area (Å²) in [7, 11) is 0. The van der Waals surface area contributed by atoms with Gasteiger partial charge in [0.25, 0.3) is 5.91 Å². The molecule has 1 aromatic heterocycles. The highest BCUT2D eigenvalue weighted by Gasteiger charge is 2.26. The number of carbonyl (C=O) groups is 1. The summed E-state index contributed by atoms with van der Waals surface area (Å²) in [4.78, 5) is 23.4. The standard InChI is InChI=1S/C22H18Cl2FN3O/c23-16-4-6-19(24)14(10-16)3-7-20-18(12-26-13-27-20)22(29)28-9-1-2-15-11-17(25)5-8-21(15)28/h4-6,8,10-13H,1-3,7,9H2. The molecule has 0 saturated carbocycles. The molecule has 0 radical (unpaired) electrons. The zero-order valence-electron chi connectivity index (χ0n) is 15.5. The lowest BCUT2D eigenvalue weighted by Crippen LogP contribution is -2.36. The zero-order chi connectivity index (χ0) is 20.4. The fraction of sp³-hybridized carbons (Fsp3) is 0.227. The van der Waals surface area contributed by atoms with E-state index in [2.05, 4.69) is 9.97 Å². The summed E-state index contributed by atoms with van der Waals surface area (Å²) in [6.07, 6.45) is 5.63. The van der Waals surface area contributed by atoms with E-state index in [0.717, 1.165) is 29.7 Å². The Hall–Kier alpha value is -2.50. The minimum Gasteiger partial charge on any atom is -0.308 e. The number of aryl methyl sites for hydroxylation is 3. The van der Waals surface area contributed by atoms with Crippen LogP contribution in [0.25, 0.3) is 0 Å². The smallest absolute Gasteiger partial charge is 0.261 e. The molecule has 0 fully saturated rings. The SMILES string of the molecule is O=C(c1cncnc1CCc1cc(Cl)ccc1Cl)N1CCCc2cc(F)ccc21. The van der Waals surface area contributed by atoms with Crippen LogP contribution in [0.5, 0.6) is 0 Å². The number of benzene rings is 2. The van der Waals surface area contributed by atoms with Crippen molar-refractivity contribution in [2.45, 2.75) is 25.7 Å². The topological polar surface area (TPSA) is 46.1 Å². The highest BCUT2D eigenvalue weighted by Crippen LogP contribution is 2.30. The van der Waals surface area contributed by atoms with E-state index in [1.807, 2.05) is 6.07 Å². The molecule has 0 atom stereocenters. The van der Waals surface area contributed by atoms with Gasteiger partial charge in [-0.05, 0) is 73.2 Å². The lowest BCUT2D eigenvalue weighted by atomic mass is 9.99.